The van der Waals surface area contributed by atoms with E-state index >= 15 is 0 Å². The first-order chi connectivity index (χ1) is 14.6. The third-order valence-electron chi connectivity index (χ3n) is 4.54. The predicted octanol–water partition coefficient (Wildman–Crippen LogP) is 2.27. The molecule has 0 unspecified atom stereocenters. The van der Waals surface area contributed by atoms with Crippen molar-refractivity contribution in [2.75, 3.05) is 44.4 Å². The Morgan fingerprint density at radius 2 is 1.70 bits per heavy atom. The summed E-state index contributed by atoms with van der Waals surface area (Å²) in [5.74, 6) is -0.507. The second-order valence-corrected chi connectivity index (χ2v) is 6.23. The third kappa shape index (κ3) is 5.24. The van der Waals surface area contributed by atoms with E-state index in [1.165, 1.54) is 0 Å². The lowest BCUT2D eigenvalue weighted by molar-refractivity contribution is -0.114. The lowest BCUT2D eigenvalue weighted by atomic mass is 9.99. The summed E-state index contributed by atoms with van der Waals surface area (Å²) in [5.41, 5.74) is 1.32. The molecule has 0 fully saturated rings. The standard InChI is InChI=1S/C22H23N5O3/c1-3-27(9-10-30-12-11-29-4-2)18-7-5-16(6-8-18)20-19(15-25)21(26-22(20)28)17(13-23)14-24/h5-8H,3-4,9-12H2,1-2H3,(H,26,28). The largest absolute Gasteiger partial charge is 0.379 e. The molecule has 0 radical (unpaired) electrons. The number of anilines is 1. The number of ether oxygens (including phenoxy) is 2. The molecule has 0 saturated heterocycles. The fourth-order valence-electron chi connectivity index (χ4n) is 3.04. The van der Waals surface area contributed by atoms with Gasteiger partial charge in [-0.25, -0.2) is 0 Å². The van der Waals surface area contributed by atoms with Gasteiger partial charge in [0.05, 0.1) is 36.7 Å². The maximum Gasteiger partial charge on any atom is 0.257 e. The van der Waals surface area contributed by atoms with Crippen LogP contribution in [0.4, 0.5) is 5.69 Å². The molecule has 0 atom stereocenters. The van der Waals surface area contributed by atoms with Crippen LogP contribution in [0.5, 0.6) is 0 Å². The van der Waals surface area contributed by atoms with E-state index in [0.29, 0.717) is 38.5 Å². The van der Waals surface area contributed by atoms with Crippen LogP contribution in [0.25, 0.3) is 5.57 Å². The number of nitriles is 3. The summed E-state index contributed by atoms with van der Waals surface area (Å²) in [5, 5.41) is 30.1. The SMILES string of the molecule is CCOCCOCCN(CC)c1ccc(C2=C(C#N)C(=C(C#N)C#N)NC2=O)cc1. The minimum absolute atomic E-state index is 0.000829. The van der Waals surface area contributed by atoms with Gasteiger partial charge in [0, 0.05) is 25.4 Å². The van der Waals surface area contributed by atoms with Crippen molar-refractivity contribution in [3.05, 3.63) is 46.7 Å². The summed E-state index contributed by atoms with van der Waals surface area (Å²) in [6.07, 6.45) is 0. The minimum atomic E-state index is -0.507. The maximum absolute atomic E-state index is 12.4. The summed E-state index contributed by atoms with van der Waals surface area (Å²) in [6.45, 7) is 7.82. The molecule has 1 N–H and O–H groups in total. The number of carbonyl (C=O) groups excluding carboxylic acids is 1. The van der Waals surface area contributed by atoms with Gasteiger partial charge in [0.2, 0.25) is 0 Å². The summed E-state index contributed by atoms with van der Waals surface area (Å²) >= 11 is 0. The molecule has 1 aliphatic heterocycles. The maximum atomic E-state index is 12.4. The molecule has 1 aliphatic rings. The van der Waals surface area contributed by atoms with Gasteiger partial charge in [0.25, 0.3) is 5.91 Å². The lowest BCUT2D eigenvalue weighted by Crippen LogP contribution is -2.27. The number of hydrogen-bond acceptors (Lipinski definition) is 7. The molecule has 0 saturated carbocycles. The zero-order chi connectivity index (χ0) is 21.9. The van der Waals surface area contributed by atoms with Gasteiger partial charge in [-0.1, -0.05) is 12.1 Å². The van der Waals surface area contributed by atoms with Gasteiger partial charge in [-0.3, -0.25) is 4.79 Å². The monoisotopic (exact) mass is 405 g/mol. The first kappa shape index (κ1) is 22.6. The van der Waals surface area contributed by atoms with Crippen molar-refractivity contribution in [2.24, 2.45) is 0 Å². The molecule has 0 aromatic heterocycles. The Labute approximate surface area is 176 Å². The summed E-state index contributed by atoms with van der Waals surface area (Å²) in [7, 11) is 0. The highest BCUT2D eigenvalue weighted by atomic mass is 16.5. The van der Waals surface area contributed by atoms with Crippen LogP contribution >= 0.6 is 0 Å². The molecule has 8 nitrogen and oxygen atoms in total. The Hall–Kier alpha value is -3.64. The second kappa shape index (κ2) is 11.4. The number of allylic oxidation sites excluding steroid dienone is 2. The minimum Gasteiger partial charge on any atom is -0.379 e. The highest BCUT2D eigenvalue weighted by Gasteiger charge is 2.31. The van der Waals surface area contributed by atoms with Crippen LogP contribution in [-0.4, -0.2) is 45.4 Å². The molecule has 0 spiro atoms. The molecule has 0 bridgehead atoms. The molecular formula is C22H23N5O3. The number of benzene rings is 1. The Morgan fingerprint density at radius 1 is 1.03 bits per heavy atom. The van der Waals surface area contributed by atoms with Crippen molar-refractivity contribution in [1.29, 1.82) is 15.8 Å². The fraction of sp³-hybridized carbons (Fsp3) is 0.364. The van der Waals surface area contributed by atoms with Crippen LogP contribution in [0, 0.1) is 34.0 Å². The fourth-order valence-corrected chi connectivity index (χ4v) is 3.04. The van der Waals surface area contributed by atoms with E-state index in [1.807, 2.05) is 32.0 Å². The number of nitrogens with one attached hydrogen (secondary N) is 1. The van der Waals surface area contributed by atoms with E-state index in [-0.39, 0.29) is 22.4 Å². The van der Waals surface area contributed by atoms with E-state index in [1.54, 1.807) is 24.3 Å². The van der Waals surface area contributed by atoms with Crippen LogP contribution in [0.15, 0.2) is 41.1 Å². The average Bonchev–Trinajstić information content (AvgIpc) is 3.10. The Kier molecular flexibility index (Phi) is 8.59. The molecule has 0 aliphatic carbocycles. The zero-order valence-corrected chi connectivity index (χ0v) is 17.1. The van der Waals surface area contributed by atoms with Crippen molar-refractivity contribution in [1.82, 2.24) is 5.32 Å². The van der Waals surface area contributed by atoms with E-state index in [2.05, 4.69) is 10.2 Å². The summed E-state index contributed by atoms with van der Waals surface area (Å²) < 4.78 is 10.8. The Balaban J connectivity index is 2.18. The number of rotatable bonds is 10. The Bertz CT molecular complexity index is 942. The van der Waals surface area contributed by atoms with Gasteiger partial charge < -0.3 is 19.7 Å². The van der Waals surface area contributed by atoms with Crippen LogP contribution in [0.3, 0.4) is 0 Å². The number of hydrogen-bond donors (Lipinski definition) is 1. The van der Waals surface area contributed by atoms with Crippen molar-refractivity contribution in [2.45, 2.75) is 13.8 Å². The van der Waals surface area contributed by atoms with E-state index in [0.717, 1.165) is 12.2 Å². The number of carbonyl (C=O) groups is 1. The van der Waals surface area contributed by atoms with Crippen LogP contribution in [0.2, 0.25) is 0 Å². The summed E-state index contributed by atoms with van der Waals surface area (Å²) in [4.78, 5) is 14.5. The number of amides is 1. The van der Waals surface area contributed by atoms with Crippen molar-refractivity contribution in [3.63, 3.8) is 0 Å². The quantitative estimate of drug-likeness (QED) is 0.468. The molecule has 1 aromatic rings. The van der Waals surface area contributed by atoms with Crippen LogP contribution in [-0.2, 0) is 14.3 Å². The van der Waals surface area contributed by atoms with Crippen molar-refractivity contribution < 1.29 is 14.3 Å². The van der Waals surface area contributed by atoms with Crippen LogP contribution < -0.4 is 10.2 Å². The Morgan fingerprint density at radius 3 is 2.27 bits per heavy atom. The van der Waals surface area contributed by atoms with Crippen molar-refractivity contribution >= 4 is 17.2 Å². The molecule has 1 amide bonds. The highest BCUT2D eigenvalue weighted by Crippen LogP contribution is 2.31. The summed E-state index contributed by atoms with van der Waals surface area (Å²) in [6, 6.07) is 12.6. The van der Waals surface area contributed by atoms with Gasteiger partial charge >= 0.3 is 0 Å². The number of nitrogens with zero attached hydrogens (tertiary/aromatic N) is 4. The predicted molar refractivity (Wildman–Crippen MR) is 111 cm³/mol. The zero-order valence-electron chi connectivity index (χ0n) is 17.1. The second-order valence-electron chi connectivity index (χ2n) is 6.23. The van der Waals surface area contributed by atoms with Gasteiger partial charge in [-0.15, -0.1) is 0 Å². The lowest BCUT2D eigenvalue weighted by Gasteiger charge is -2.23. The molecule has 154 valence electrons. The van der Waals surface area contributed by atoms with Gasteiger partial charge in [0.15, 0.2) is 5.57 Å². The normalized spacial score (nSPS) is 12.8. The van der Waals surface area contributed by atoms with Crippen LogP contribution in [0.1, 0.15) is 19.4 Å². The average molecular weight is 405 g/mol. The molecule has 8 heteroatoms. The van der Waals surface area contributed by atoms with Gasteiger partial charge in [-0.05, 0) is 31.5 Å². The molecule has 1 heterocycles. The molecule has 1 aromatic carbocycles. The third-order valence-corrected chi connectivity index (χ3v) is 4.54. The van der Waals surface area contributed by atoms with Crippen molar-refractivity contribution in [3.8, 4) is 18.2 Å². The molecular weight excluding hydrogens is 382 g/mol. The topological polar surface area (TPSA) is 122 Å². The first-order valence-corrected chi connectivity index (χ1v) is 9.62. The number of likely N-dealkylation sites (N-methyl/N-ethyl adjacent to an activating group) is 1. The molecule has 2 rings (SSSR count). The first-order valence-electron chi connectivity index (χ1n) is 9.62. The van der Waals surface area contributed by atoms with E-state index < -0.39 is 5.91 Å². The molecule has 30 heavy (non-hydrogen) atoms. The van der Waals surface area contributed by atoms with E-state index in [9.17, 15) is 10.1 Å². The smallest absolute Gasteiger partial charge is 0.257 e. The highest BCUT2D eigenvalue weighted by molar-refractivity contribution is 6.26. The van der Waals surface area contributed by atoms with E-state index in [4.69, 9.17) is 20.0 Å². The van der Waals surface area contributed by atoms with Gasteiger partial charge in [0.1, 0.15) is 18.2 Å². The van der Waals surface area contributed by atoms with Gasteiger partial charge in [-0.2, -0.15) is 15.8 Å².